The number of nitrogens with zero attached hydrogens (tertiary/aromatic N) is 3. The van der Waals surface area contributed by atoms with Crippen molar-refractivity contribution in [2.75, 3.05) is 4.90 Å². The van der Waals surface area contributed by atoms with Crippen molar-refractivity contribution >= 4 is 23.0 Å². The first-order valence-electron chi connectivity index (χ1n) is 9.71. The normalized spacial score (nSPS) is 18.4. The highest BCUT2D eigenvalue weighted by Crippen LogP contribution is 2.42. The van der Waals surface area contributed by atoms with Gasteiger partial charge in [-0.2, -0.15) is 0 Å². The van der Waals surface area contributed by atoms with E-state index >= 15 is 0 Å². The minimum Gasteiger partial charge on any atom is -0.351 e. The van der Waals surface area contributed by atoms with Crippen molar-refractivity contribution in [1.29, 1.82) is 0 Å². The van der Waals surface area contributed by atoms with Gasteiger partial charge in [-0.05, 0) is 72.9 Å². The molecule has 0 spiro atoms. The SMILES string of the molecule is Fc1ccc(N2C(=S)NC(c3ccccn3)C2c2cccn2-c2ccccc2)cc1. The Labute approximate surface area is 179 Å². The summed E-state index contributed by atoms with van der Waals surface area (Å²) in [6.07, 6.45) is 3.83. The van der Waals surface area contributed by atoms with E-state index in [0.29, 0.717) is 5.11 Å². The number of anilines is 1. The number of aromatic nitrogens is 2. The molecule has 6 heteroatoms. The van der Waals surface area contributed by atoms with E-state index in [1.807, 2.05) is 53.6 Å². The molecule has 4 nitrogen and oxygen atoms in total. The molecule has 4 aromatic rings. The molecule has 1 saturated heterocycles. The number of rotatable bonds is 4. The fourth-order valence-electron chi connectivity index (χ4n) is 3.99. The predicted molar refractivity (Wildman–Crippen MR) is 120 cm³/mol. The monoisotopic (exact) mass is 414 g/mol. The molecule has 0 saturated carbocycles. The van der Waals surface area contributed by atoms with Gasteiger partial charge in [-0.1, -0.05) is 24.3 Å². The second-order valence-corrected chi connectivity index (χ2v) is 7.50. The van der Waals surface area contributed by atoms with Gasteiger partial charge in [0.1, 0.15) is 11.9 Å². The molecule has 0 amide bonds. The molecule has 0 radical (unpaired) electrons. The molecule has 2 aromatic heterocycles. The molecular formula is C24H19FN4S. The van der Waals surface area contributed by atoms with Crippen molar-refractivity contribution < 1.29 is 4.39 Å². The lowest BCUT2D eigenvalue weighted by molar-refractivity contribution is 0.549. The first kappa shape index (κ1) is 18.5. The van der Waals surface area contributed by atoms with Gasteiger partial charge in [-0.25, -0.2) is 4.39 Å². The largest absolute Gasteiger partial charge is 0.351 e. The summed E-state index contributed by atoms with van der Waals surface area (Å²) in [4.78, 5) is 6.63. The number of thiocarbonyl (C=S) groups is 1. The summed E-state index contributed by atoms with van der Waals surface area (Å²) in [6, 6.07) is 26.3. The van der Waals surface area contributed by atoms with Crippen molar-refractivity contribution in [3.8, 4) is 5.69 Å². The van der Waals surface area contributed by atoms with E-state index in [0.717, 1.165) is 22.8 Å². The van der Waals surface area contributed by atoms with Gasteiger partial charge in [-0.3, -0.25) is 4.98 Å². The molecule has 30 heavy (non-hydrogen) atoms. The molecule has 2 aromatic carbocycles. The topological polar surface area (TPSA) is 33.1 Å². The van der Waals surface area contributed by atoms with E-state index in [-0.39, 0.29) is 17.9 Å². The number of pyridine rings is 1. The summed E-state index contributed by atoms with van der Waals surface area (Å²) in [5, 5.41) is 4.02. The first-order chi connectivity index (χ1) is 14.7. The molecule has 1 aliphatic heterocycles. The Kier molecular flexibility index (Phi) is 4.77. The molecule has 148 valence electrons. The smallest absolute Gasteiger partial charge is 0.174 e. The van der Waals surface area contributed by atoms with E-state index < -0.39 is 0 Å². The zero-order valence-corrected chi connectivity index (χ0v) is 16.8. The average Bonchev–Trinajstić information content (AvgIpc) is 3.40. The Hall–Kier alpha value is -3.51. The van der Waals surface area contributed by atoms with Crippen molar-refractivity contribution in [2.45, 2.75) is 12.1 Å². The fraction of sp³-hybridized carbons (Fsp3) is 0.0833. The van der Waals surface area contributed by atoms with E-state index in [4.69, 9.17) is 12.2 Å². The molecule has 2 atom stereocenters. The van der Waals surface area contributed by atoms with Crippen LogP contribution >= 0.6 is 12.2 Å². The lowest BCUT2D eigenvalue weighted by Gasteiger charge is -2.29. The second-order valence-electron chi connectivity index (χ2n) is 7.11. The van der Waals surface area contributed by atoms with Crippen LogP contribution in [-0.2, 0) is 0 Å². The summed E-state index contributed by atoms with van der Waals surface area (Å²) < 4.78 is 15.7. The highest BCUT2D eigenvalue weighted by Gasteiger charge is 2.42. The number of benzene rings is 2. The van der Waals surface area contributed by atoms with Gasteiger partial charge in [0.25, 0.3) is 0 Å². The zero-order valence-electron chi connectivity index (χ0n) is 16.0. The van der Waals surface area contributed by atoms with Crippen LogP contribution in [0.15, 0.2) is 97.3 Å². The van der Waals surface area contributed by atoms with Crippen LogP contribution in [0.25, 0.3) is 5.69 Å². The van der Waals surface area contributed by atoms with Crippen molar-refractivity contribution in [3.05, 3.63) is 115 Å². The van der Waals surface area contributed by atoms with Gasteiger partial charge in [-0.15, -0.1) is 0 Å². The number of hydrogen-bond acceptors (Lipinski definition) is 2. The lowest BCUT2D eigenvalue weighted by atomic mass is 10.0. The van der Waals surface area contributed by atoms with Gasteiger partial charge in [0.15, 0.2) is 5.11 Å². The Morgan fingerprint density at radius 1 is 0.833 bits per heavy atom. The standard InChI is InChI=1S/C24H19FN4S/c25-17-11-13-19(14-12-17)29-23(22(27-24(29)30)20-9-4-5-15-26-20)21-10-6-16-28(21)18-7-2-1-3-8-18/h1-16,22-23H,(H,27,30). The third kappa shape index (κ3) is 3.25. The molecule has 0 aliphatic carbocycles. The maximum absolute atomic E-state index is 13.6. The maximum atomic E-state index is 13.6. The molecule has 0 bridgehead atoms. The van der Waals surface area contributed by atoms with Crippen molar-refractivity contribution in [2.24, 2.45) is 0 Å². The van der Waals surface area contributed by atoms with E-state index in [1.165, 1.54) is 12.1 Å². The van der Waals surface area contributed by atoms with Crippen LogP contribution in [-0.4, -0.2) is 14.7 Å². The minimum absolute atomic E-state index is 0.152. The second kappa shape index (κ2) is 7.72. The van der Waals surface area contributed by atoms with Crippen LogP contribution in [0.5, 0.6) is 0 Å². The van der Waals surface area contributed by atoms with Gasteiger partial charge in [0, 0.05) is 29.5 Å². The van der Waals surface area contributed by atoms with E-state index in [1.54, 1.807) is 18.3 Å². The Bertz CT molecular complexity index is 1160. The third-order valence-corrected chi connectivity index (χ3v) is 5.64. The summed E-state index contributed by atoms with van der Waals surface area (Å²) in [5.74, 6) is -0.276. The third-order valence-electron chi connectivity index (χ3n) is 5.32. The predicted octanol–water partition coefficient (Wildman–Crippen LogP) is 5.19. The molecule has 5 rings (SSSR count). The molecule has 1 aliphatic rings. The van der Waals surface area contributed by atoms with Crippen LogP contribution in [0.3, 0.4) is 0 Å². The fourth-order valence-corrected chi connectivity index (χ4v) is 4.34. The number of para-hydroxylation sites is 1. The van der Waals surface area contributed by atoms with Gasteiger partial charge < -0.3 is 14.8 Å². The van der Waals surface area contributed by atoms with Crippen LogP contribution in [0.2, 0.25) is 0 Å². The quantitative estimate of drug-likeness (QED) is 0.466. The van der Waals surface area contributed by atoms with Gasteiger partial charge >= 0.3 is 0 Å². The van der Waals surface area contributed by atoms with Crippen molar-refractivity contribution in [1.82, 2.24) is 14.9 Å². The summed E-state index contributed by atoms with van der Waals surface area (Å²) in [6.45, 7) is 0. The number of halogens is 1. The Balaban J connectivity index is 1.67. The number of hydrogen-bond donors (Lipinski definition) is 1. The van der Waals surface area contributed by atoms with Gasteiger partial charge in [0.05, 0.1) is 11.7 Å². The molecule has 3 heterocycles. The summed E-state index contributed by atoms with van der Waals surface area (Å²) in [5.41, 5.74) is 3.86. The maximum Gasteiger partial charge on any atom is 0.174 e. The Morgan fingerprint density at radius 2 is 1.60 bits per heavy atom. The highest BCUT2D eigenvalue weighted by molar-refractivity contribution is 7.80. The Morgan fingerprint density at radius 3 is 2.33 bits per heavy atom. The highest BCUT2D eigenvalue weighted by atomic mass is 32.1. The van der Waals surface area contributed by atoms with Crippen LogP contribution in [0.4, 0.5) is 10.1 Å². The summed E-state index contributed by atoms with van der Waals surface area (Å²) >= 11 is 5.73. The van der Waals surface area contributed by atoms with Crippen LogP contribution in [0, 0.1) is 5.82 Å². The van der Waals surface area contributed by atoms with Crippen LogP contribution < -0.4 is 10.2 Å². The van der Waals surface area contributed by atoms with Crippen LogP contribution in [0.1, 0.15) is 23.5 Å². The minimum atomic E-state index is -0.276. The summed E-state index contributed by atoms with van der Waals surface area (Å²) in [7, 11) is 0. The van der Waals surface area contributed by atoms with Crippen molar-refractivity contribution in [3.63, 3.8) is 0 Å². The van der Waals surface area contributed by atoms with Gasteiger partial charge in [0.2, 0.25) is 0 Å². The van der Waals surface area contributed by atoms with E-state index in [9.17, 15) is 4.39 Å². The molecule has 1 fully saturated rings. The first-order valence-corrected chi connectivity index (χ1v) is 10.1. The lowest BCUT2D eigenvalue weighted by Crippen LogP contribution is -2.30. The molecule has 1 N–H and O–H groups in total. The molecule has 2 unspecified atom stereocenters. The number of nitrogens with one attached hydrogen (secondary N) is 1. The zero-order chi connectivity index (χ0) is 20.5. The average molecular weight is 415 g/mol. The molecular weight excluding hydrogens is 395 g/mol. The van der Waals surface area contributed by atoms with E-state index in [2.05, 4.69) is 33.1 Å².